The molecule has 0 bridgehead atoms. The highest BCUT2D eigenvalue weighted by Crippen LogP contribution is 2.26. The molecule has 73 heavy (non-hydrogen) atoms. The normalized spacial score (nSPS) is 19.8. The fourth-order valence-corrected chi connectivity index (χ4v) is 9.18. The average molecular weight is 1030 g/mol. The first-order valence-corrected chi connectivity index (χ1v) is 30.1. The molecule has 0 saturated carbocycles. The Morgan fingerprint density at radius 2 is 1.00 bits per heavy atom. The van der Waals surface area contributed by atoms with Gasteiger partial charge in [-0.25, -0.2) is 0 Å². The van der Waals surface area contributed by atoms with Crippen LogP contribution in [0.25, 0.3) is 0 Å². The van der Waals surface area contributed by atoms with Crippen molar-refractivity contribution in [2.75, 3.05) is 13.2 Å². The number of carbonyl (C=O) groups is 2. The van der Waals surface area contributed by atoms with E-state index in [9.17, 15) is 35.1 Å². The van der Waals surface area contributed by atoms with Crippen LogP contribution >= 0.6 is 0 Å². The fraction of sp³-hybridized carbons (Fsp3) is 0.806. The second-order valence-corrected chi connectivity index (χ2v) is 20.8. The molecule has 1 rings (SSSR count). The average Bonchev–Trinajstić information content (AvgIpc) is 3.39. The van der Waals surface area contributed by atoms with E-state index in [1.165, 1.54) is 116 Å². The summed E-state index contributed by atoms with van der Waals surface area (Å²) in [5.74, 6) is -1.21. The van der Waals surface area contributed by atoms with Crippen molar-refractivity contribution in [2.45, 2.75) is 307 Å². The van der Waals surface area contributed by atoms with E-state index in [2.05, 4.69) is 68.6 Å². The van der Waals surface area contributed by atoms with Crippen LogP contribution in [0.15, 0.2) is 60.8 Å². The van der Waals surface area contributed by atoms with E-state index in [-0.39, 0.29) is 19.4 Å². The van der Waals surface area contributed by atoms with Gasteiger partial charge in [-0.1, -0.05) is 242 Å². The maximum atomic E-state index is 13.4. The van der Waals surface area contributed by atoms with E-state index in [4.69, 9.17) is 14.2 Å². The number of carbonyl (C=O) groups excluding carboxylic acids is 2. The fourth-order valence-electron chi connectivity index (χ4n) is 9.18. The second kappa shape index (κ2) is 50.2. The minimum absolute atomic E-state index is 0.109. The summed E-state index contributed by atoms with van der Waals surface area (Å²) in [5.41, 5.74) is 0. The first-order chi connectivity index (χ1) is 35.7. The maximum Gasteiger partial charge on any atom is 0.306 e. The van der Waals surface area contributed by atoms with Crippen LogP contribution in [0.2, 0.25) is 0 Å². The zero-order valence-electron chi connectivity index (χ0n) is 46.7. The summed E-state index contributed by atoms with van der Waals surface area (Å²) in [6.07, 6.45) is 51.2. The van der Waals surface area contributed by atoms with Crippen LogP contribution in [0, 0.1) is 0 Å². The van der Waals surface area contributed by atoms with Crippen LogP contribution in [0.1, 0.15) is 258 Å². The molecule has 1 amide bonds. The van der Waals surface area contributed by atoms with Gasteiger partial charge in [-0.05, 0) is 70.6 Å². The number of esters is 1. The predicted molar refractivity (Wildman–Crippen MR) is 301 cm³/mol. The Hall–Kier alpha value is -2.64. The molecule has 8 atom stereocenters. The minimum Gasteiger partial charge on any atom is -0.454 e. The van der Waals surface area contributed by atoms with Gasteiger partial charge >= 0.3 is 5.97 Å². The van der Waals surface area contributed by atoms with Crippen molar-refractivity contribution >= 4 is 11.9 Å². The lowest BCUT2D eigenvalue weighted by molar-refractivity contribution is -0.305. The molecule has 1 saturated heterocycles. The van der Waals surface area contributed by atoms with Crippen molar-refractivity contribution in [3.8, 4) is 0 Å². The number of amides is 1. The number of nitrogens with one attached hydrogen (secondary N) is 1. The topological polar surface area (TPSA) is 175 Å². The molecule has 424 valence electrons. The molecule has 1 aliphatic rings. The number of rotatable bonds is 50. The van der Waals surface area contributed by atoms with Crippen LogP contribution in [-0.2, 0) is 23.8 Å². The zero-order chi connectivity index (χ0) is 53.3. The molecule has 1 fully saturated rings. The number of aliphatic hydroxyl groups is 5. The molecule has 1 aliphatic heterocycles. The first-order valence-electron chi connectivity index (χ1n) is 30.1. The van der Waals surface area contributed by atoms with E-state index in [1.807, 2.05) is 12.2 Å². The zero-order valence-corrected chi connectivity index (χ0v) is 46.7. The van der Waals surface area contributed by atoms with E-state index in [0.717, 1.165) is 96.3 Å². The molecular formula is C62H111NO10. The molecule has 0 spiro atoms. The van der Waals surface area contributed by atoms with Gasteiger partial charge in [0.25, 0.3) is 0 Å². The van der Waals surface area contributed by atoms with Crippen LogP contribution in [0.5, 0.6) is 0 Å². The predicted octanol–water partition coefficient (Wildman–Crippen LogP) is 13.8. The number of hydrogen-bond acceptors (Lipinski definition) is 10. The highest BCUT2D eigenvalue weighted by Gasteiger charge is 2.47. The number of aliphatic hydroxyl groups excluding tert-OH is 5. The van der Waals surface area contributed by atoms with Gasteiger partial charge in [-0.2, -0.15) is 0 Å². The van der Waals surface area contributed by atoms with Gasteiger partial charge in [0.15, 0.2) is 12.4 Å². The number of unbranched alkanes of at least 4 members (excludes halogenated alkanes) is 30. The monoisotopic (exact) mass is 1030 g/mol. The lowest BCUT2D eigenvalue weighted by Gasteiger charge is -2.41. The summed E-state index contributed by atoms with van der Waals surface area (Å²) < 4.78 is 17.6. The van der Waals surface area contributed by atoms with E-state index < -0.39 is 67.4 Å². The largest absolute Gasteiger partial charge is 0.454 e. The van der Waals surface area contributed by atoms with Crippen LogP contribution in [-0.4, -0.2) is 99.6 Å². The van der Waals surface area contributed by atoms with Crippen molar-refractivity contribution < 1.29 is 49.3 Å². The smallest absolute Gasteiger partial charge is 0.306 e. The first kappa shape index (κ1) is 68.4. The van der Waals surface area contributed by atoms with Gasteiger partial charge in [0.2, 0.25) is 5.91 Å². The van der Waals surface area contributed by atoms with Crippen molar-refractivity contribution in [2.24, 2.45) is 0 Å². The van der Waals surface area contributed by atoms with Gasteiger partial charge in [-0.15, -0.1) is 0 Å². The SMILES string of the molecule is CC/C=C/C=C/C=C/CCCCCCCCCC(=O)OC1C(OCC(NC(=O)C(O)CCCCCCCCCC/C=C/CCCCCCCC)C(O)/C=C/CCCCCCCCCCC)OC(CO)C(O)C1O. The molecule has 0 radical (unpaired) electrons. The number of hydrogen-bond donors (Lipinski definition) is 6. The summed E-state index contributed by atoms with van der Waals surface area (Å²) in [7, 11) is 0. The summed E-state index contributed by atoms with van der Waals surface area (Å²) in [4.78, 5) is 26.5. The quantitative estimate of drug-likeness (QED) is 0.0149. The molecule has 8 unspecified atom stereocenters. The third-order valence-electron chi connectivity index (χ3n) is 14.0. The lowest BCUT2D eigenvalue weighted by Crippen LogP contribution is -2.61. The third-order valence-corrected chi connectivity index (χ3v) is 14.0. The summed E-state index contributed by atoms with van der Waals surface area (Å²) in [6, 6.07) is -1.03. The number of ether oxygens (including phenoxy) is 3. The minimum atomic E-state index is -1.62. The van der Waals surface area contributed by atoms with Crippen molar-refractivity contribution in [3.63, 3.8) is 0 Å². The van der Waals surface area contributed by atoms with Gasteiger partial charge in [-0.3, -0.25) is 9.59 Å². The summed E-state index contributed by atoms with van der Waals surface area (Å²) >= 11 is 0. The second-order valence-electron chi connectivity index (χ2n) is 20.8. The molecule has 0 aliphatic carbocycles. The molecule has 11 nitrogen and oxygen atoms in total. The van der Waals surface area contributed by atoms with Gasteiger partial charge < -0.3 is 45.1 Å². The molecule has 0 aromatic heterocycles. The van der Waals surface area contributed by atoms with Crippen LogP contribution in [0.3, 0.4) is 0 Å². The summed E-state index contributed by atoms with van der Waals surface area (Å²) in [6.45, 7) is 5.64. The van der Waals surface area contributed by atoms with E-state index >= 15 is 0 Å². The van der Waals surface area contributed by atoms with Crippen molar-refractivity contribution in [1.82, 2.24) is 5.32 Å². The lowest BCUT2D eigenvalue weighted by atomic mass is 9.99. The Labute approximate surface area is 446 Å². The molecule has 1 heterocycles. The maximum absolute atomic E-state index is 13.4. The van der Waals surface area contributed by atoms with Gasteiger partial charge in [0, 0.05) is 6.42 Å². The Balaban J connectivity index is 2.69. The highest BCUT2D eigenvalue weighted by molar-refractivity contribution is 5.80. The summed E-state index contributed by atoms with van der Waals surface area (Å²) in [5, 5.41) is 56.9. The van der Waals surface area contributed by atoms with Gasteiger partial charge in [0.1, 0.15) is 24.4 Å². The standard InChI is InChI=1S/C62H111NO10/c1-4-7-10-13-16-19-22-24-26-27-28-30-31-34-37-40-43-46-49-55(66)61(70)63-53(54(65)48-45-42-39-36-33-21-18-15-12-9-6-3)52-71-62-60(59(69)58(68)56(51-64)72-62)73-57(67)50-47-44-41-38-35-32-29-25-23-20-17-14-11-8-5-2/h8,11,14,17,20,23-24,26,45,48,53-56,58-60,62,64-66,68-69H,4-7,9-10,12-13,15-16,18-19,21-22,25,27-44,46-47,49-52H2,1-3H3,(H,63,70)/b11-8+,17-14+,23-20+,26-24+,48-45+. The number of allylic oxidation sites excluding steroid dienone is 9. The Morgan fingerprint density at radius 1 is 0.548 bits per heavy atom. The van der Waals surface area contributed by atoms with Crippen molar-refractivity contribution in [1.29, 1.82) is 0 Å². The van der Waals surface area contributed by atoms with E-state index in [0.29, 0.717) is 12.8 Å². The molecule has 0 aromatic carbocycles. The van der Waals surface area contributed by atoms with Crippen molar-refractivity contribution in [3.05, 3.63) is 60.8 Å². The van der Waals surface area contributed by atoms with Gasteiger partial charge in [0.05, 0.1) is 25.4 Å². The van der Waals surface area contributed by atoms with Crippen LogP contribution < -0.4 is 5.32 Å². The molecule has 11 heteroatoms. The van der Waals surface area contributed by atoms with Crippen LogP contribution in [0.4, 0.5) is 0 Å². The Bertz CT molecular complexity index is 1420. The Morgan fingerprint density at radius 3 is 1.51 bits per heavy atom. The van der Waals surface area contributed by atoms with E-state index in [1.54, 1.807) is 6.08 Å². The third kappa shape index (κ3) is 38.5. The molecule has 0 aromatic rings. The molecule has 6 N–H and O–H groups in total. The Kier molecular flexibility index (Phi) is 47.0. The highest BCUT2D eigenvalue weighted by atomic mass is 16.7. The molecular weight excluding hydrogens is 919 g/mol.